The maximum absolute atomic E-state index is 14.0. The van der Waals surface area contributed by atoms with Gasteiger partial charge < -0.3 is 10.6 Å². The fourth-order valence-electron chi connectivity index (χ4n) is 3.10. The molecule has 2 aromatic heterocycles. The molecule has 1 fully saturated rings. The van der Waals surface area contributed by atoms with Crippen LogP contribution in [-0.2, 0) is 0 Å². The van der Waals surface area contributed by atoms with Gasteiger partial charge in [-0.3, -0.25) is 0 Å². The van der Waals surface area contributed by atoms with E-state index in [-0.39, 0.29) is 5.69 Å². The van der Waals surface area contributed by atoms with Gasteiger partial charge in [0.1, 0.15) is 17.7 Å². The van der Waals surface area contributed by atoms with Crippen LogP contribution in [-0.4, -0.2) is 28.0 Å². The number of benzene rings is 1. The highest BCUT2D eigenvalue weighted by atomic mass is 35.5. The molecule has 0 aliphatic carbocycles. The smallest absolute Gasteiger partial charge is 0.160 e. The van der Waals surface area contributed by atoms with E-state index >= 15 is 0 Å². The molecule has 1 unspecified atom stereocenters. The molecule has 0 radical (unpaired) electrons. The van der Waals surface area contributed by atoms with Crippen molar-refractivity contribution in [1.82, 2.24) is 20.3 Å². The van der Waals surface area contributed by atoms with Crippen LogP contribution in [0.5, 0.6) is 0 Å². The van der Waals surface area contributed by atoms with Crippen molar-refractivity contribution >= 4 is 34.1 Å². The molecule has 0 spiro atoms. The van der Waals surface area contributed by atoms with Crippen LogP contribution >= 0.6 is 11.6 Å². The van der Waals surface area contributed by atoms with Crippen LogP contribution in [0.25, 0.3) is 11.0 Å². The van der Waals surface area contributed by atoms with Crippen molar-refractivity contribution in [1.29, 1.82) is 0 Å². The molecule has 0 saturated carbocycles. The molecule has 25 heavy (non-hydrogen) atoms. The molecular formula is C18H17ClFN5. The summed E-state index contributed by atoms with van der Waals surface area (Å²) in [6.07, 6.45) is 3.68. The second-order valence-electron chi connectivity index (χ2n) is 6.12. The monoisotopic (exact) mass is 357 g/mol. The number of piperidine rings is 1. The first-order valence-electron chi connectivity index (χ1n) is 8.25. The maximum atomic E-state index is 14.0. The van der Waals surface area contributed by atoms with Crippen molar-refractivity contribution in [2.45, 2.75) is 18.8 Å². The van der Waals surface area contributed by atoms with Gasteiger partial charge in [0, 0.05) is 23.2 Å². The standard InChI is InChI=1S/C18H17ClFN5/c19-12-3-4-13(20)16(8-12)25-18-17-15(22-10-23-18)6-5-14(24-17)11-2-1-7-21-9-11/h3-6,8,10-11,21H,1-2,7,9H2,(H,22,23,25). The van der Waals surface area contributed by atoms with E-state index in [0.29, 0.717) is 27.8 Å². The summed E-state index contributed by atoms with van der Waals surface area (Å²) in [4.78, 5) is 13.3. The van der Waals surface area contributed by atoms with Gasteiger partial charge in [0.25, 0.3) is 0 Å². The van der Waals surface area contributed by atoms with E-state index < -0.39 is 5.82 Å². The van der Waals surface area contributed by atoms with Gasteiger partial charge in [0.2, 0.25) is 0 Å². The van der Waals surface area contributed by atoms with Gasteiger partial charge in [-0.1, -0.05) is 11.6 Å². The first-order valence-corrected chi connectivity index (χ1v) is 8.63. The Morgan fingerprint density at radius 3 is 2.96 bits per heavy atom. The molecule has 1 atom stereocenters. The van der Waals surface area contributed by atoms with Crippen molar-refractivity contribution in [2.24, 2.45) is 0 Å². The van der Waals surface area contributed by atoms with Gasteiger partial charge >= 0.3 is 0 Å². The van der Waals surface area contributed by atoms with Gasteiger partial charge in [-0.15, -0.1) is 0 Å². The summed E-state index contributed by atoms with van der Waals surface area (Å²) in [7, 11) is 0. The van der Waals surface area contributed by atoms with Crippen LogP contribution in [0.4, 0.5) is 15.9 Å². The molecule has 3 heterocycles. The Labute approximate surface area is 149 Å². The van der Waals surface area contributed by atoms with Crippen LogP contribution in [0.2, 0.25) is 5.02 Å². The first-order chi connectivity index (χ1) is 12.2. The predicted molar refractivity (Wildman–Crippen MR) is 96.9 cm³/mol. The molecule has 5 nitrogen and oxygen atoms in total. The topological polar surface area (TPSA) is 62.7 Å². The van der Waals surface area contributed by atoms with E-state index in [2.05, 4.69) is 20.6 Å². The van der Waals surface area contributed by atoms with Crippen molar-refractivity contribution in [3.63, 3.8) is 0 Å². The van der Waals surface area contributed by atoms with Crippen LogP contribution in [0, 0.1) is 5.82 Å². The highest BCUT2D eigenvalue weighted by Gasteiger charge is 2.18. The zero-order chi connectivity index (χ0) is 17.2. The zero-order valence-corrected chi connectivity index (χ0v) is 14.2. The van der Waals surface area contributed by atoms with E-state index in [1.807, 2.05) is 12.1 Å². The summed E-state index contributed by atoms with van der Waals surface area (Å²) in [5, 5.41) is 6.84. The van der Waals surface area contributed by atoms with Crippen LogP contribution in [0.15, 0.2) is 36.7 Å². The number of rotatable bonds is 3. The molecule has 4 rings (SSSR count). The number of halogens is 2. The molecule has 1 saturated heterocycles. The fourth-order valence-corrected chi connectivity index (χ4v) is 3.27. The minimum Gasteiger partial charge on any atom is -0.336 e. The van der Waals surface area contributed by atoms with Gasteiger partial charge in [-0.25, -0.2) is 19.3 Å². The molecular weight excluding hydrogens is 341 g/mol. The normalized spacial score (nSPS) is 17.6. The third-order valence-electron chi connectivity index (χ3n) is 4.40. The van der Waals surface area contributed by atoms with Crippen LogP contribution < -0.4 is 10.6 Å². The summed E-state index contributed by atoms with van der Waals surface area (Å²) in [5.41, 5.74) is 2.61. The van der Waals surface area contributed by atoms with Crippen LogP contribution in [0.3, 0.4) is 0 Å². The molecule has 128 valence electrons. The zero-order valence-electron chi connectivity index (χ0n) is 13.5. The summed E-state index contributed by atoms with van der Waals surface area (Å²) in [6, 6.07) is 8.30. The average Bonchev–Trinajstić information content (AvgIpc) is 2.65. The molecule has 3 aromatic rings. The number of fused-ring (bicyclic) bond motifs is 1. The lowest BCUT2D eigenvalue weighted by atomic mass is 9.95. The lowest BCUT2D eigenvalue weighted by Gasteiger charge is -2.22. The maximum Gasteiger partial charge on any atom is 0.160 e. The number of aromatic nitrogens is 3. The Kier molecular flexibility index (Phi) is 4.46. The van der Waals surface area contributed by atoms with Gasteiger partial charge in [-0.2, -0.15) is 0 Å². The third-order valence-corrected chi connectivity index (χ3v) is 4.64. The van der Waals surface area contributed by atoms with E-state index in [9.17, 15) is 4.39 Å². The van der Waals surface area contributed by atoms with Crippen molar-refractivity contribution < 1.29 is 4.39 Å². The van der Waals surface area contributed by atoms with E-state index in [1.54, 1.807) is 0 Å². The van der Waals surface area contributed by atoms with Crippen molar-refractivity contribution in [2.75, 3.05) is 18.4 Å². The second-order valence-corrected chi connectivity index (χ2v) is 6.56. The molecule has 0 bridgehead atoms. The first kappa shape index (κ1) is 16.2. The fraction of sp³-hybridized carbons (Fsp3) is 0.278. The number of anilines is 2. The molecule has 0 amide bonds. The molecule has 1 aliphatic heterocycles. The van der Waals surface area contributed by atoms with Crippen molar-refractivity contribution in [3.05, 3.63) is 53.2 Å². The summed E-state index contributed by atoms with van der Waals surface area (Å²) in [6.45, 7) is 1.96. The van der Waals surface area contributed by atoms with Crippen LogP contribution in [0.1, 0.15) is 24.5 Å². The largest absolute Gasteiger partial charge is 0.336 e. The van der Waals surface area contributed by atoms with E-state index in [4.69, 9.17) is 16.6 Å². The average molecular weight is 358 g/mol. The lowest BCUT2D eigenvalue weighted by molar-refractivity contribution is 0.455. The lowest BCUT2D eigenvalue weighted by Crippen LogP contribution is -2.28. The SMILES string of the molecule is Fc1ccc(Cl)cc1Nc1ncnc2ccc(C3CCCNC3)nc12. The molecule has 7 heteroatoms. The number of pyridine rings is 1. The second kappa shape index (κ2) is 6.90. The predicted octanol–water partition coefficient (Wildman–Crippen LogP) is 4.03. The number of nitrogens with zero attached hydrogens (tertiary/aromatic N) is 3. The molecule has 1 aliphatic rings. The highest BCUT2D eigenvalue weighted by Crippen LogP contribution is 2.28. The summed E-state index contributed by atoms with van der Waals surface area (Å²) >= 11 is 5.97. The van der Waals surface area contributed by atoms with Crippen molar-refractivity contribution in [3.8, 4) is 0 Å². The Morgan fingerprint density at radius 1 is 1.20 bits per heavy atom. The summed E-state index contributed by atoms with van der Waals surface area (Å²) in [5.74, 6) is 0.440. The minimum atomic E-state index is -0.399. The van der Waals surface area contributed by atoms with Gasteiger partial charge in [0.15, 0.2) is 5.82 Å². The number of hydrogen-bond acceptors (Lipinski definition) is 5. The summed E-state index contributed by atoms with van der Waals surface area (Å²) < 4.78 is 14.0. The van der Waals surface area contributed by atoms with Gasteiger partial charge in [0.05, 0.1) is 11.2 Å². The number of nitrogens with one attached hydrogen (secondary N) is 2. The Bertz CT molecular complexity index is 911. The Morgan fingerprint density at radius 2 is 2.12 bits per heavy atom. The highest BCUT2D eigenvalue weighted by molar-refractivity contribution is 6.30. The Hall–Kier alpha value is -2.31. The van der Waals surface area contributed by atoms with E-state index in [1.165, 1.54) is 24.5 Å². The third kappa shape index (κ3) is 3.41. The molecule has 1 aromatic carbocycles. The Balaban J connectivity index is 1.74. The number of hydrogen-bond donors (Lipinski definition) is 2. The van der Waals surface area contributed by atoms with Gasteiger partial charge in [-0.05, 0) is 49.7 Å². The quantitative estimate of drug-likeness (QED) is 0.741. The molecule has 2 N–H and O–H groups in total. The minimum absolute atomic E-state index is 0.263. The van der Waals surface area contributed by atoms with E-state index in [0.717, 1.165) is 31.6 Å².